The van der Waals surface area contributed by atoms with Gasteiger partial charge in [0.2, 0.25) is 0 Å². The Morgan fingerprint density at radius 3 is 2.24 bits per heavy atom. The summed E-state index contributed by atoms with van der Waals surface area (Å²) in [5, 5.41) is 3.15. The standard InChI is InChI=1S/C22H30Cl2Si/c1-13-8-17-14(2)21(16-9-18(23)15(3)19(24)10-16)20(25(5,6)7)12-22(17,4)11-13/h9-10,13,17H,2,8,11-12H2,1,3-7H3/t13-,17+,22+/m0/s1. The second-order valence-electron chi connectivity index (χ2n) is 9.62. The Kier molecular flexibility index (Phi) is 4.84. The normalized spacial score (nSPS) is 30.0. The molecule has 2 aliphatic carbocycles. The zero-order valence-corrected chi connectivity index (χ0v) is 18.9. The van der Waals surface area contributed by atoms with Gasteiger partial charge in [0.05, 0.1) is 8.07 Å². The Balaban J connectivity index is 2.23. The molecule has 3 heteroatoms. The van der Waals surface area contributed by atoms with Crippen LogP contribution in [0.3, 0.4) is 0 Å². The topological polar surface area (TPSA) is 0 Å². The van der Waals surface area contributed by atoms with Crippen molar-refractivity contribution >= 4 is 36.8 Å². The minimum absolute atomic E-state index is 0.369. The number of benzene rings is 1. The van der Waals surface area contributed by atoms with Gasteiger partial charge in [0.25, 0.3) is 0 Å². The van der Waals surface area contributed by atoms with Crippen LogP contribution in [0.1, 0.15) is 44.2 Å². The van der Waals surface area contributed by atoms with E-state index in [9.17, 15) is 0 Å². The molecule has 3 atom stereocenters. The van der Waals surface area contributed by atoms with Crippen molar-refractivity contribution in [3.8, 4) is 0 Å². The van der Waals surface area contributed by atoms with Crippen LogP contribution < -0.4 is 0 Å². The fourth-order valence-electron chi connectivity index (χ4n) is 5.12. The van der Waals surface area contributed by atoms with Crippen LogP contribution >= 0.6 is 23.2 Å². The van der Waals surface area contributed by atoms with Crippen molar-refractivity contribution in [3.05, 3.63) is 50.7 Å². The second-order valence-corrected chi connectivity index (χ2v) is 15.5. The SMILES string of the molecule is C=C1C(c2cc(Cl)c(C)c(Cl)c2)=C([Si](C)(C)C)C[C@@]2(C)C[C@@H](C)C[C@H]12. The monoisotopic (exact) mass is 392 g/mol. The van der Waals surface area contributed by atoms with E-state index >= 15 is 0 Å². The molecule has 0 bridgehead atoms. The van der Waals surface area contributed by atoms with Crippen molar-refractivity contribution < 1.29 is 0 Å². The van der Waals surface area contributed by atoms with E-state index in [0.29, 0.717) is 11.3 Å². The highest BCUT2D eigenvalue weighted by Crippen LogP contribution is 2.60. The quantitative estimate of drug-likeness (QED) is 0.447. The van der Waals surface area contributed by atoms with Gasteiger partial charge < -0.3 is 0 Å². The molecule has 0 nitrogen and oxygen atoms in total. The van der Waals surface area contributed by atoms with Gasteiger partial charge in [-0.25, -0.2) is 0 Å². The van der Waals surface area contributed by atoms with Gasteiger partial charge in [0.15, 0.2) is 0 Å². The van der Waals surface area contributed by atoms with Crippen molar-refractivity contribution in [3.63, 3.8) is 0 Å². The van der Waals surface area contributed by atoms with Crippen LogP contribution in [0.2, 0.25) is 29.7 Å². The maximum atomic E-state index is 6.48. The summed E-state index contributed by atoms with van der Waals surface area (Å²) < 4.78 is 0. The number of hydrogen-bond donors (Lipinski definition) is 0. The first-order valence-electron chi connectivity index (χ1n) is 9.33. The van der Waals surface area contributed by atoms with Gasteiger partial charge in [-0.3, -0.25) is 0 Å². The molecule has 0 aromatic heterocycles. The highest BCUT2D eigenvalue weighted by molar-refractivity contribution is 6.84. The molecule has 0 radical (unpaired) electrons. The molecule has 0 saturated heterocycles. The summed E-state index contributed by atoms with van der Waals surface area (Å²) in [6, 6.07) is 4.20. The number of halogens is 2. The van der Waals surface area contributed by atoms with Crippen LogP contribution in [0.4, 0.5) is 0 Å². The summed E-state index contributed by atoms with van der Waals surface area (Å²) in [5.41, 5.74) is 5.20. The molecule has 25 heavy (non-hydrogen) atoms. The molecule has 1 aromatic carbocycles. The molecule has 0 unspecified atom stereocenters. The zero-order valence-electron chi connectivity index (χ0n) is 16.4. The van der Waals surface area contributed by atoms with E-state index < -0.39 is 8.07 Å². The van der Waals surface area contributed by atoms with Crippen LogP contribution in [0.15, 0.2) is 29.5 Å². The Bertz CT molecular complexity index is 746. The molecule has 0 amide bonds. The van der Waals surface area contributed by atoms with Gasteiger partial charge in [-0.15, -0.1) is 0 Å². The van der Waals surface area contributed by atoms with E-state index in [4.69, 9.17) is 23.2 Å². The summed E-state index contributed by atoms with van der Waals surface area (Å²) in [5.74, 6) is 1.36. The smallest absolute Gasteiger partial charge is 0.0732 e. The lowest BCUT2D eigenvalue weighted by molar-refractivity contribution is 0.256. The summed E-state index contributed by atoms with van der Waals surface area (Å²) in [7, 11) is -1.49. The van der Waals surface area contributed by atoms with Gasteiger partial charge >= 0.3 is 0 Å². The third-order valence-electron chi connectivity index (χ3n) is 6.39. The number of hydrogen-bond acceptors (Lipinski definition) is 0. The maximum absolute atomic E-state index is 6.48. The van der Waals surface area contributed by atoms with E-state index in [1.54, 1.807) is 5.20 Å². The average Bonchev–Trinajstić information content (AvgIpc) is 2.78. The highest BCUT2D eigenvalue weighted by Gasteiger charge is 2.49. The van der Waals surface area contributed by atoms with Crippen molar-refractivity contribution in [1.29, 1.82) is 0 Å². The fraction of sp³-hybridized carbons (Fsp3) is 0.545. The van der Waals surface area contributed by atoms with Gasteiger partial charge in [0.1, 0.15) is 0 Å². The third-order valence-corrected chi connectivity index (χ3v) is 9.42. The fourth-order valence-corrected chi connectivity index (χ4v) is 7.59. The van der Waals surface area contributed by atoms with Crippen LogP contribution in [0.25, 0.3) is 5.57 Å². The molecule has 0 heterocycles. The van der Waals surface area contributed by atoms with E-state index in [1.807, 2.05) is 6.92 Å². The molecule has 1 saturated carbocycles. The molecule has 1 aromatic rings. The number of fused-ring (bicyclic) bond motifs is 1. The lowest BCUT2D eigenvalue weighted by Gasteiger charge is -2.44. The van der Waals surface area contributed by atoms with Crippen LogP contribution in [-0.4, -0.2) is 8.07 Å². The Morgan fingerprint density at radius 2 is 1.72 bits per heavy atom. The van der Waals surface area contributed by atoms with E-state index in [-0.39, 0.29) is 0 Å². The van der Waals surface area contributed by atoms with Gasteiger partial charge in [-0.05, 0) is 77.8 Å². The molecule has 136 valence electrons. The summed E-state index contributed by atoms with van der Waals surface area (Å²) in [6.07, 6.45) is 3.77. The first-order chi connectivity index (χ1) is 11.4. The molecule has 0 aliphatic heterocycles. The Labute approximate surface area is 164 Å². The van der Waals surface area contributed by atoms with E-state index in [0.717, 1.165) is 21.5 Å². The highest BCUT2D eigenvalue weighted by atomic mass is 35.5. The van der Waals surface area contributed by atoms with Crippen LogP contribution in [-0.2, 0) is 0 Å². The van der Waals surface area contributed by atoms with E-state index in [1.165, 1.54) is 36.0 Å². The summed E-state index contributed by atoms with van der Waals surface area (Å²) >= 11 is 13.0. The Hall–Kier alpha value is -0.503. The zero-order chi connectivity index (χ0) is 18.7. The number of rotatable bonds is 2. The lowest BCUT2D eigenvalue weighted by atomic mass is 9.67. The second kappa shape index (κ2) is 6.29. The predicted molar refractivity (Wildman–Crippen MR) is 115 cm³/mol. The largest absolute Gasteiger partial charge is 0.0949 e. The minimum atomic E-state index is -1.49. The van der Waals surface area contributed by atoms with E-state index in [2.05, 4.69) is 52.2 Å². The summed E-state index contributed by atoms with van der Waals surface area (Å²) in [4.78, 5) is 0. The number of allylic oxidation sites excluding steroid dienone is 3. The van der Waals surface area contributed by atoms with Gasteiger partial charge in [0, 0.05) is 10.0 Å². The van der Waals surface area contributed by atoms with Gasteiger partial charge in [-0.1, -0.05) is 68.5 Å². The van der Waals surface area contributed by atoms with Crippen LogP contribution in [0.5, 0.6) is 0 Å². The van der Waals surface area contributed by atoms with Crippen LogP contribution in [0, 0.1) is 24.2 Å². The molecule has 0 spiro atoms. The first kappa shape index (κ1) is 19.3. The minimum Gasteiger partial charge on any atom is -0.0949 e. The average molecular weight is 393 g/mol. The maximum Gasteiger partial charge on any atom is 0.0732 e. The van der Waals surface area contributed by atoms with Crippen molar-refractivity contribution in [2.24, 2.45) is 17.3 Å². The molecule has 1 fully saturated rings. The van der Waals surface area contributed by atoms with Crippen molar-refractivity contribution in [2.75, 3.05) is 0 Å². The summed E-state index contributed by atoms with van der Waals surface area (Å²) in [6.45, 7) is 18.8. The predicted octanol–water partition coefficient (Wildman–Crippen LogP) is 7.95. The third kappa shape index (κ3) is 3.28. The van der Waals surface area contributed by atoms with Crippen molar-refractivity contribution in [2.45, 2.75) is 59.7 Å². The molecular weight excluding hydrogens is 363 g/mol. The first-order valence-corrected chi connectivity index (χ1v) is 13.6. The van der Waals surface area contributed by atoms with Gasteiger partial charge in [-0.2, -0.15) is 0 Å². The van der Waals surface area contributed by atoms with Crippen molar-refractivity contribution in [1.82, 2.24) is 0 Å². The molecule has 3 rings (SSSR count). The molecule has 2 aliphatic rings. The lowest BCUT2D eigenvalue weighted by Crippen LogP contribution is -2.37. The molecular formula is C22H30Cl2Si. The Morgan fingerprint density at radius 1 is 1.16 bits per heavy atom. The molecule has 0 N–H and O–H groups in total.